The van der Waals surface area contributed by atoms with Crippen LogP contribution in [0.4, 0.5) is 22.0 Å². The van der Waals surface area contributed by atoms with Gasteiger partial charge in [0.15, 0.2) is 5.83 Å². The molecule has 0 aromatic carbocycles. The van der Waals surface area contributed by atoms with Gasteiger partial charge in [0.1, 0.15) is 0 Å². The minimum atomic E-state index is -4.35. The Balaban J connectivity index is 3.31. The molecule has 1 aliphatic rings. The van der Waals surface area contributed by atoms with Crippen LogP contribution in [0.5, 0.6) is 0 Å². The van der Waals surface area contributed by atoms with Gasteiger partial charge in [0.05, 0.1) is 0 Å². The summed E-state index contributed by atoms with van der Waals surface area (Å²) in [6.45, 7) is 0. The minimum Gasteiger partial charge on any atom is -0.476 e. The lowest BCUT2D eigenvalue weighted by molar-refractivity contribution is -0.135. The molecule has 1 aliphatic carbocycles. The number of aliphatic carboxylic acids is 1. The van der Waals surface area contributed by atoms with Gasteiger partial charge in [-0.1, -0.05) is 12.2 Å². The maximum atomic E-state index is 13.5. The van der Waals surface area contributed by atoms with E-state index >= 15 is 0 Å². The van der Waals surface area contributed by atoms with Crippen molar-refractivity contribution < 1.29 is 31.9 Å². The molecular weight excluding hydrogens is 235 g/mol. The third-order valence-electron chi connectivity index (χ3n) is 1.93. The molecule has 0 aromatic heterocycles. The third kappa shape index (κ3) is 1.72. The summed E-state index contributed by atoms with van der Waals surface area (Å²) in [6.07, 6.45) is 1.54. The third-order valence-corrected chi connectivity index (χ3v) is 1.93. The lowest BCUT2D eigenvalue weighted by Crippen LogP contribution is -2.43. The van der Waals surface area contributed by atoms with Gasteiger partial charge in [-0.3, -0.25) is 0 Å². The number of carboxylic acid groups (broad SMARTS) is 1. The molecule has 88 valence electrons. The second-order valence-corrected chi connectivity index (χ2v) is 2.99. The van der Waals surface area contributed by atoms with E-state index in [2.05, 4.69) is 0 Å². The Hall–Kier alpha value is -1.66. The van der Waals surface area contributed by atoms with Crippen molar-refractivity contribution in [2.45, 2.75) is 11.6 Å². The Morgan fingerprint density at radius 1 is 1.06 bits per heavy atom. The zero-order valence-electron chi connectivity index (χ0n) is 7.55. The lowest BCUT2D eigenvalue weighted by atomic mass is 9.91. The minimum absolute atomic E-state index is 0.0156. The number of hydrogen-bond acceptors (Lipinski definition) is 1. The van der Waals surface area contributed by atoms with E-state index in [4.69, 9.17) is 5.11 Å². The fraction of sp³-hybridized carbons (Fsp3) is 0.222. The molecule has 7 heteroatoms. The first-order chi connectivity index (χ1) is 7.22. The van der Waals surface area contributed by atoms with E-state index in [0.29, 0.717) is 0 Å². The van der Waals surface area contributed by atoms with Crippen LogP contribution in [-0.4, -0.2) is 22.7 Å². The monoisotopic (exact) mass is 240 g/mol. The van der Waals surface area contributed by atoms with E-state index in [1.165, 1.54) is 0 Å². The maximum absolute atomic E-state index is 13.5. The van der Waals surface area contributed by atoms with Crippen molar-refractivity contribution in [2.75, 3.05) is 0 Å². The molecule has 0 amide bonds. The Kier molecular flexibility index (Phi) is 2.89. The zero-order valence-corrected chi connectivity index (χ0v) is 7.55. The Morgan fingerprint density at radius 2 is 1.56 bits per heavy atom. The van der Waals surface area contributed by atoms with Crippen molar-refractivity contribution in [3.8, 4) is 0 Å². The number of carboxylic acids is 1. The second kappa shape index (κ2) is 3.73. The molecule has 1 N–H and O–H groups in total. The number of hydrogen-bond donors (Lipinski definition) is 1. The highest BCUT2D eigenvalue weighted by Gasteiger charge is 2.57. The average molecular weight is 240 g/mol. The molecule has 1 atom stereocenters. The van der Waals surface area contributed by atoms with Crippen LogP contribution in [0.3, 0.4) is 0 Å². The molecule has 0 aromatic rings. The molecule has 0 radical (unpaired) electrons. The molecule has 0 aliphatic heterocycles. The Morgan fingerprint density at radius 3 is 2.00 bits per heavy atom. The SMILES string of the molecule is O=C(O)C(F)=C(F)C1(F)C=CC=CC1(F)F. The van der Waals surface area contributed by atoms with Gasteiger partial charge in [0.25, 0.3) is 0 Å². The van der Waals surface area contributed by atoms with Crippen molar-refractivity contribution in [2.24, 2.45) is 0 Å². The summed E-state index contributed by atoms with van der Waals surface area (Å²) < 4.78 is 65.1. The molecule has 1 rings (SSSR count). The summed E-state index contributed by atoms with van der Waals surface area (Å²) in [5.74, 6) is -12.0. The summed E-state index contributed by atoms with van der Waals surface area (Å²) >= 11 is 0. The van der Waals surface area contributed by atoms with Crippen molar-refractivity contribution in [1.82, 2.24) is 0 Å². The molecule has 2 nitrogen and oxygen atoms in total. The van der Waals surface area contributed by atoms with Crippen LogP contribution in [0.15, 0.2) is 36.0 Å². The summed E-state index contributed by atoms with van der Waals surface area (Å²) in [7, 11) is 0. The normalized spacial score (nSPS) is 28.8. The molecular formula is C9H5F5O2. The molecule has 0 saturated carbocycles. The second-order valence-electron chi connectivity index (χ2n) is 2.99. The fourth-order valence-corrected chi connectivity index (χ4v) is 1.07. The van der Waals surface area contributed by atoms with Crippen LogP contribution in [-0.2, 0) is 4.79 Å². The summed E-state index contributed by atoms with van der Waals surface area (Å²) in [5.41, 5.74) is -4.11. The van der Waals surface area contributed by atoms with Gasteiger partial charge in [-0.05, 0) is 12.2 Å². The van der Waals surface area contributed by atoms with Crippen LogP contribution in [0.25, 0.3) is 0 Å². The molecule has 0 bridgehead atoms. The van der Waals surface area contributed by atoms with Gasteiger partial charge in [-0.25, -0.2) is 13.6 Å². The van der Waals surface area contributed by atoms with Gasteiger partial charge in [0, 0.05) is 0 Å². The number of halogens is 5. The predicted octanol–water partition coefficient (Wildman–Crippen LogP) is 2.69. The Labute approximate surface area is 86.4 Å². The highest BCUT2D eigenvalue weighted by Crippen LogP contribution is 2.44. The number of alkyl halides is 3. The summed E-state index contributed by atoms with van der Waals surface area (Å²) in [4.78, 5) is 10.0. The Bertz CT molecular complexity index is 410. The van der Waals surface area contributed by atoms with Crippen molar-refractivity contribution >= 4 is 5.97 Å². The van der Waals surface area contributed by atoms with Crippen LogP contribution in [0, 0.1) is 0 Å². The van der Waals surface area contributed by atoms with E-state index in [1.54, 1.807) is 0 Å². The highest BCUT2D eigenvalue weighted by atomic mass is 19.3. The standard InChI is InChI=1S/C9H5F5O2/c10-5(7(15)16)6(11)8(12)3-1-2-4-9(8,13)14/h1-4H,(H,15,16). The zero-order chi connectivity index (χ0) is 12.6. The van der Waals surface area contributed by atoms with Crippen molar-refractivity contribution in [3.63, 3.8) is 0 Å². The van der Waals surface area contributed by atoms with Gasteiger partial charge in [0.2, 0.25) is 11.5 Å². The highest BCUT2D eigenvalue weighted by molar-refractivity contribution is 5.85. The molecule has 1 unspecified atom stereocenters. The van der Waals surface area contributed by atoms with Gasteiger partial charge in [-0.2, -0.15) is 13.2 Å². The number of carbonyl (C=O) groups is 1. The van der Waals surface area contributed by atoms with E-state index in [-0.39, 0.29) is 12.2 Å². The molecule has 0 saturated heterocycles. The van der Waals surface area contributed by atoms with Crippen LogP contribution in [0.1, 0.15) is 0 Å². The smallest absolute Gasteiger partial charge is 0.367 e. The number of allylic oxidation sites excluding steroid dienone is 5. The van der Waals surface area contributed by atoms with Crippen molar-refractivity contribution in [3.05, 3.63) is 36.0 Å². The van der Waals surface area contributed by atoms with E-state index in [0.717, 1.165) is 12.2 Å². The van der Waals surface area contributed by atoms with Gasteiger partial charge in [-0.15, -0.1) is 0 Å². The molecule has 0 heterocycles. The lowest BCUT2D eigenvalue weighted by Gasteiger charge is -2.28. The van der Waals surface area contributed by atoms with Crippen LogP contribution >= 0.6 is 0 Å². The van der Waals surface area contributed by atoms with Gasteiger partial charge < -0.3 is 5.11 Å². The summed E-state index contributed by atoms with van der Waals surface area (Å²) in [6, 6.07) is 0. The summed E-state index contributed by atoms with van der Waals surface area (Å²) in [5, 5.41) is 8.04. The van der Waals surface area contributed by atoms with Crippen LogP contribution < -0.4 is 0 Å². The molecule has 0 fully saturated rings. The topological polar surface area (TPSA) is 37.3 Å². The first-order valence-electron chi connectivity index (χ1n) is 3.95. The first kappa shape index (κ1) is 12.4. The van der Waals surface area contributed by atoms with Crippen LogP contribution in [0.2, 0.25) is 0 Å². The largest absolute Gasteiger partial charge is 0.476 e. The van der Waals surface area contributed by atoms with Crippen molar-refractivity contribution in [1.29, 1.82) is 0 Å². The molecule has 0 spiro atoms. The van der Waals surface area contributed by atoms with E-state index in [9.17, 15) is 26.7 Å². The molecule has 16 heavy (non-hydrogen) atoms. The first-order valence-corrected chi connectivity index (χ1v) is 3.95. The quantitative estimate of drug-likeness (QED) is 0.595. The predicted molar refractivity (Wildman–Crippen MR) is 43.9 cm³/mol. The van der Waals surface area contributed by atoms with Gasteiger partial charge >= 0.3 is 11.9 Å². The maximum Gasteiger partial charge on any atom is 0.367 e. The average Bonchev–Trinajstić information content (AvgIpc) is 2.20. The fourth-order valence-electron chi connectivity index (χ4n) is 1.07. The van der Waals surface area contributed by atoms with E-state index < -0.39 is 29.2 Å². The number of rotatable bonds is 2. The van der Waals surface area contributed by atoms with E-state index in [1.807, 2.05) is 0 Å².